The molecule has 0 spiro atoms. The molecule has 0 aliphatic heterocycles. The van der Waals surface area contributed by atoms with Gasteiger partial charge in [0.25, 0.3) is 5.91 Å². The lowest BCUT2D eigenvalue weighted by molar-refractivity contribution is -0.149. The van der Waals surface area contributed by atoms with E-state index in [0.717, 1.165) is 5.56 Å². The molecule has 0 aromatic heterocycles. The first-order valence-electron chi connectivity index (χ1n) is 7.70. The molecule has 0 fully saturated rings. The Kier molecular flexibility index (Phi) is 6.28. The van der Waals surface area contributed by atoms with Gasteiger partial charge in [-0.25, -0.2) is 4.79 Å². The summed E-state index contributed by atoms with van der Waals surface area (Å²) in [5, 5.41) is 2.58. The molecule has 0 aliphatic carbocycles. The minimum absolute atomic E-state index is 0.0552. The fraction of sp³-hybridized carbons (Fsp3) is 0.211. The predicted octanol–water partition coefficient (Wildman–Crippen LogP) is 2.76. The summed E-state index contributed by atoms with van der Waals surface area (Å²) >= 11 is 0. The number of aryl methyl sites for hydroxylation is 1. The average molecular weight is 341 g/mol. The second kappa shape index (κ2) is 8.63. The normalized spacial score (nSPS) is 10.0. The monoisotopic (exact) mass is 341 g/mol. The molecule has 0 radical (unpaired) electrons. The Hall–Kier alpha value is -3.15. The van der Waals surface area contributed by atoms with Crippen LogP contribution >= 0.6 is 0 Å². The molecule has 1 N–H and O–H groups in total. The standard InChI is InChI=1S/C19H19NO5/c1-13-3-9-17(10-4-13)24-12-19(23)25-11-18(22)20-16-7-5-15(6-8-16)14(2)21/h3-10H,11-12H2,1-2H3,(H,20,22). The Morgan fingerprint density at radius 3 is 2.16 bits per heavy atom. The van der Waals surface area contributed by atoms with E-state index in [4.69, 9.17) is 9.47 Å². The van der Waals surface area contributed by atoms with Gasteiger partial charge < -0.3 is 14.8 Å². The molecule has 6 nitrogen and oxygen atoms in total. The highest BCUT2D eigenvalue weighted by atomic mass is 16.6. The lowest BCUT2D eigenvalue weighted by Gasteiger charge is -2.08. The van der Waals surface area contributed by atoms with E-state index >= 15 is 0 Å². The van der Waals surface area contributed by atoms with Crippen LogP contribution in [0.5, 0.6) is 5.75 Å². The number of anilines is 1. The van der Waals surface area contributed by atoms with Crippen LogP contribution in [0.1, 0.15) is 22.8 Å². The van der Waals surface area contributed by atoms with Gasteiger partial charge in [0.05, 0.1) is 0 Å². The van der Waals surface area contributed by atoms with Gasteiger partial charge in [0.15, 0.2) is 19.0 Å². The zero-order valence-electron chi connectivity index (χ0n) is 14.1. The highest BCUT2D eigenvalue weighted by Crippen LogP contribution is 2.11. The molecule has 0 heterocycles. The number of benzene rings is 2. The number of carbonyl (C=O) groups is 3. The largest absolute Gasteiger partial charge is 0.482 e. The minimum atomic E-state index is -0.636. The number of carbonyl (C=O) groups excluding carboxylic acids is 3. The van der Waals surface area contributed by atoms with Crippen LogP contribution in [0.15, 0.2) is 48.5 Å². The number of hydrogen-bond acceptors (Lipinski definition) is 5. The molecular weight excluding hydrogens is 322 g/mol. The second-order valence-electron chi connectivity index (χ2n) is 5.44. The fourth-order valence-corrected chi connectivity index (χ4v) is 1.95. The van der Waals surface area contributed by atoms with Crippen LogP contribution < -0.4 is 10.1 Å². The van der Waals surface area contributed by atoms with E-state index in [2.05, 4.69) is 5.32 Å². The zero-order chi connectivity index (χ0) is 18.2. The molecule has 0 bridgehead atoms. The topological polar surface area (TPSA) is 81.7 Å². The van der Waals surface area contributed by atoms with Crippen LogP contribution in [-0.4, -0.2) is 30.9 Å². The Morgan fingerprint density at radius 1 is 0.920 bits per heavy atom. The zero-order valence-corrected chi connectivity index (χ0v) is 14.1. The number of Topliss-reactive ketones (excluding diaryl/α,β-unsaturated/α-hetero) is 1. The van der Waals surface area contributed by atoms with E-state index in [-0.39, 0.29) is 12.4 Å². The van der Waals surface area contributed by atoms with Gasteiger partial charge in [-0.2, -0.15) is 0 Å². The number of nitrogens with one attached hydrogen (secondary N) is 1. The third-order valence-electron chi connectivity index (χ3n) is 3.32. The maximum atomic E-state index is 11.8. The molecule has 2 aromatic rings. The quantitative estimate of drug-likeness (QED) is 0.618. The fourth-order valence-electron chi connectivity index (χ4n) is 1.95. The van der Waals surface area contributed by atoms with Crippen molar-refractivity contribution in [3.05, 3.63) is 59.7 Å². The molecule has 0 atom stereocenters. The molecule has 0 unspecified atom stereocenters. The van der Waals surface area contributed by atoms with E-state index in [0.29, 0.717) is 17.0 Å². The van der Waals surface area contributed by atoms with Crippen molar-refractivity contribution in [1.29, 1.82) is 0 Å². The van der Waals surface area contributed by atoms with Crippen molar-refractivity contribution in [3.63, 3.8) is 0 Å². The van der Waals surface area contributed by atoms with Gasteiger partial charge >= 0.3 is 5.97 Å². The molecule has 2 rings (SSSR count). The molecule has 25 heavy (non-hydrogen) atoms. The minimum Gasteiger partial charge on any atom is -0.482 e. The summed E-state index contributed by atoms with van der Waals surface area (Å²) in [7, 11) is 0. The summed E-state index contributed by atoms with van der Waals surface area (Å²) in [5.74, 6) is -0.611. The first-order valence-corrected chi connectivity index (χ1v) is 7.70. The van der Waals surface area contributed by atoms with Crippen LogP contribution in [0.25, 0.3) is 0 Å². The van der Waals surface area contributed by atoms with Crippen molar-refractivity contribution >= 4 is 23.3 Å². The van der Waals surface area contributed by atoms with E-state index in [1.54, 1.807) is 36.4 Å². The number of amides is 1. The SMILES string of the molecule is CC(=O)c1ccc(NC(=O)COC(=O)COc2ccc(C)cc2)cc1. The number of ketones is 1. The first kappa shape index (κ1) is 18.2. The summed E-state index contributed by atoms with van der Waals surface area (Å²) in [6, 6.07) is 13.7. The lowest BCUT2D eigenvalue weighted by Crippen LogP contribution is -2.23. The van der Waals surface area contributed by atoms with Crippen molar-refractivity contribution in [1.82, 2.24) is 0 Å². The van der Waals surface area contributed by atoms with Crippen molar-refractivity contribution in [2.24, 2.45) is 0 Å². The number of ether oxygens (including phenoxy) is 2. The van der Waals surface area contributed by atoms with Crippen LogP contribution in [0.2, 0.25) is 0 Å². The van der Waals surface area contributed by atoms with E-state index in [1.165, 1.54) is 6.92 Å². The van der Waals surface area contributed by atoms with Gasteiger partial charge in [0.1, 0.15) is 5.75 Å². The van der Waals surface area contributed by atoms with Crippen molar-refractivity contribution in [2.45, 2.75) is 13.8 Å². The number of rotatable bonds is 7. The molecule has 6 heteroatoms. The molecular formula is C19H19NO5. The molecule has 0 saturated carbocycles. The summed E-state index contributed by atoms with van der Waals surface area (Å²) in [4.78, 5) is 34.5. The Bertz CT molecular complexity index is 750. The Morgan fingerprint density at radius 2 is 1.56 bits per heavy atom. The Balaban J connectivity index is 1.72. The molecule has 0 aliphatic rings. The van der Waals surface area contributed by atoms with Gasteiger partial charge in [-0.15, -0.1) is 0 Å². The van der Waals surface area contributed by atoms with Gasteiger partial charge in [0.2, 0.25) is 0 Å². The smallest absolute Gasteiger partial charge is 0.344 e. The van der Waals surface area contributed by atoms with E-state index in [9.17, 15) is 14.4 Å². The summed E-state index contributed by atoms with van der Waals surface area (Å²) in [5.41, 5.74) is 2.16. The predicted molar refractivity (Wildman–Crippen MR) is 92.7 cm³/mol. The molecule has 1 amide bonds. The van der Waals surface area contributed by atoms with Crippen molar-refractivity contribution in [3.8, 4) is 5.75 Å². The maximum Gasteiger partial charge on any atom is 0.344 e. The molecule has 130 valence electrons. The van der Waals surface area contributed by atoms with Gasteiger partial charge in [-0.3, -0.25) is 9.59 Å². The molecule has 2 aromatic carbocycles. The lowest BCUT2D eigenvalue weighted by atomic mass is 10.1. The highest BCUT2D eigenvalue weighted by molar-refractivity contribution is 5.96. The highest BCUT2D eigenvalue weighted by Gasteiger charge is 2.09. The van der Waals surface area contributed by atoms with Crippen molar-refractivity contribution in [2.75, 3.05) is 18.5 Å². The van der Waals surface area contributed by atoms with E-state index in [1.807, 2.05) is 19.1 Å². The third-order valence-corrected chi connectivity index (χ3v) is 3.32. The summed E-state index contributed by atoms with van der Waals surface area (Å²) < 4.78 is 10.1. The van der Waals surface area contributed by atoms with Gasteiger partial charge in [-0.05, 0) is 50.2 Å². The van der Waals surface area contributed by atoms with Crippen LogP contribution in [0.4, 0.5) is 5.69 Å². The average Bonchev–Trinajstić information content (AvgIpc) is 2.60. The van der Waals surface area contributed by atoms with Crippen LogP contribution in [-0.2, 0) is 14.3 Å². The number of hydrogen-bond donors (Lipinski definition) is 1. The van der Waals surface area contributed by atoms with Crippen molar-refractivity contribution < 1.29 is 23.9 Å². The van der Waals surface area contributed by atoms with E-state index < -0.39 is 18.5 Å². The number of esters is 1. The Labute approximate surface area is 145 Å². The van der Waals surface area contributed by atoms with Gasteiger partial charge in [0, 0.05) is 11.3 Å². The third kappa shape index (κ3) is 6.10. The van der Waals surface area contributed by atoms with Gasteiger partial charge in [-0.1, -0.05) is 17.7 Å². The maximum absolute atomic E-state index is 11.8. The van der Waals surface area contributed by atoms with Crippen LogP contribution in [0.3, 0.4) is 0 Å². The summed E-state index contributed by atoms with van der Waals surface area (Å²) in [6.07, 6.45) is 0. The van der Waals surface area contributed by atoms with Crippen LogP contribution in [0, 0.1) is 6.92 Å². The summed E-state index contributed by atoms with van der Waals surface area (Å²) in [6.45, 7) is 2.73. The first-order chi connectivity index (χ1) is 11.9. The molecule has 0 saturated heterocycles. The second-order valence-corrected chi connectivity index (χ2v) is 5.44.